The first kappa shape index (κ1) is 21.5. The number of rotatable bonds is 6. The maximum absolute atomic E-state index is 14.2. The summed E-state index contributed by atoms with van der Waals surface area (Å²) in [6.45, 7) is 2.33. The van der Waals surface area contributed by atoms with E-state index in [4.69, 9.17) is 4.74 Å². The molecule has 0 fully saturated rings. The molecule has 0 saturated carbocycles. The Balaban J connectivity index is 1.98. The molecule has 2 atom stereocenters. The SMILES string of the molecule is COc1ccc(F)cc1C(C)(CC(C)(O)Cc1cc2ccncc2s1)C(F)(F)F. The molecule has 1 aromatic carbocycles. The van der Waals surface area contributed by atoms with Crippen LogP contribution in [0.4, 0.5) is 17.6 Å². The highest BCUT2D eigenvalue weighted by Gasteiger charge is 2.56. The molecule has 0 amide bonds. The third kappa shape index (κ3) is 4.38. The zero-order chi connectivity index (χ0) is 21.4. The average Bonchev–Trinajstić information content (AvgIpc) is 3.01. The van der Waals surface area contributed by atoms with Crippen molar-refractivity contribution in [2.75, 3.05) is 7.11 Å². The molecule has 2 heterocycles. The first-order valence-corrected chi connectivity index (χ1v) is 9.72. The number of fused-ring (bicyclic) bond motifs is 1. The van der Waals surface area contributed by atoms with Crippen LogP contribution in [0.15, 0.2) is 42.7 Å². The molecule has 3 aromatic rings. The van der Waals surface area contributed by atoms with Gasteiger partial charge >= 0.3 is 6.18 Å². The molecular weight excluding hydrogens is 406 g/mol. The topological polar surface area (TPSA) is 42.4 Å². The summed E-state index contributed by atoms with van der Waals surface area (Å²) in [6, 6.07) is 6.68. The number of alkyl halides is 3. The van der Waals surface area contributed by atoms with Crippen molar-refractivity contribution < 1.29 is 27.4 Å². The van der Waals surface area contributed by atoms with Crippen LogP contribution in [0.1, 0.15) is 30.7 Å². The predicted molar refractivity (Wildman–Crippen MR) is 105 cm³/mol. The van der Waals surface area contributed by atoms with Gasteiger partial charge in [0, 0.05) is 29.3 Å². The smallest absolute Gasteiger partial charge is 0.398 e. The van der Waals surface area contributed by atoms with E-state index in [-0.39, 0.29) is 17.7 Å². The molecule has 0 spiro atoms. The number of thiophene rings is 1. The lowest BCUT2D eigenvalue weighted by Gasteiger charge is -2.39. The molecule has 1 N–H and O–H groups in total. The number of nitrogens with zero attached hydrogens (tertiary/aromatic N) is 1. The van der Waals surface area contributed by atoms with E-state index < -0.39 is 29.4 Å². The van der Waals surface area contributed by atoms with Gasteiger partial charge in [0.05, 0.1) is 22.8 Å². The average molecular weight is 427 g/mol. The number of pyridine rings is 1. The van der Waals surface area contributed by atoms with Crippen molar-refractivity contribution in [3.05, 3.63) is 59.0 Å². The zero-order valence-electron chi connectivity index (χ0n) is 16.2. The molecule has 2 aromatic heterocycles. The Labute approximate surface area is 170 Å². The molecule has 0 aliphatic heterocycles. The summed E-state index contributed by atoms with van der Waals surface area (Å²) < 4.78 is 62.3. The summed E-state index contributed by atoms with van der Waals surface area (Å²) >= 11 is 1.38. The Morgan fingerprint density at radius 3 is 2.48 bits per heavy atom. The van der Waals surface area contributed by atoms with Crippen LogP contribution in [-0.4, -0.2) is 29.0 Å². The maximum Gasteiger partial charge on any atom is 0.398 e. The van der Waals surface area contributed by atoms with Gasteiger partial charge in [-0.15, -0.1) is 11.3 Å². The quantitative estimate of drug-likeness (QED) is 0.517. The van der Waals surface area contributed by atoms with Crippen LogP contribution < -0.4 is 4.74 Å². The van der Waals surface area contributed by atoms with Crippen LogP contribution in [0.5, 0.6) is 5.75 Å². The van der Waals surface area contributed by atoms with Crippen LogP contribution in [0.2, 0.25) is 0 Å². The highest BCUT2D eigenvalue weighted by molar-refractivity contribution is 7.19. The lowest BCUT2D eigenvalue weighted by atomic mass is 9.72. The molecule has 8 heteroatoms. The van der Waals surface area contributed by atoms with E-state index in [2.05, 4.69) is 4.98 Å². The molecule has 2 unspecified atom stereocenters. The summed E-state index contributed by atoms with van der Waals surface area (Å²) in [7, 11) is 1.23. The van der Waals surface area contributed by atoms with Crippen LogP contribution in [0.3, 0.4) is 0 Å². The molecule has 0 saturated heterocycles. The number of aromatic nitrogens is 1. The van der Waals surface area contributed by atoms with Gasteiger partial charge in [-0.1, -0.05) is 0 Å². The Hall–Kier alpha value is -2.19. The third-order valence-corrected chi connectivity index (χ3v) is 6.13. The summed E-state index contributed by atoms with van der Waals surface area (Å²) in [6.07, 6.45) is -2.06. The molecular formula is C21H21F4NO2S. The van der Waals surface area contributed by atoms with Crippen molar-refractivity contribution in [1.82, 2.24) is 4.98 Å². The van der Waals surface area contributed by atoms with Gasteiger partial charge in [-0.05, 0) is 56.0 Å². The second kappa shape index (κ2) is 7.57. The van der Waals surface area contributed by atoms with E-state index in [1.807, 2.05) is 12.1 Å². The fraction of sp³-hybridized carbons (Fsp3) is 0.381. The van der Waals surface area contributed by atoms with Gasteiger partial charge in [0.15, 0.2) is 0 Å². The number of methoxy groups -OCH3 is 1. The fourth-order valence-corrected chi connectivity index (χ4v) is 4.90. The molecule has 0 radical (unpaired) electrons. The largest absolute Gasteiger partial charge is 0.496 e. The molecule has 29 heavy (non-hydrogen) atoms. The van der Waals surface area contributed by atoms with Gasteiger partial charge in [0.2, 0.25) is 0 Å². The number of ether oxygens (including phenoxy) is 1. The number of hydrogen-bond acceptors (Lipinski definition) is 4. The van der Waals surface area contributed by atoms with Crippen molar-refractivity contribution in [2.45, 2.75) is 43.9 Å². The van der Waals surface area contributed by atoms with Crippen molar-refractivity contribution >= 4 is 21.4 Å². The van der Waals surface area contributed by atoms with Gasteiger partial charge in [0.25, 0.3) is 0 Å². The van der Waals surface area contributed by atoms with Crippen LogP contribution in [0.25, 0.3) is 10.1 Å². The monoisotopic (exact) mass is 427 g/mol. The fourth-order valence-electron chi connectivity index (χ4n) is 3.69. The Bertz CT molecular complexity index is 982. The second-order valence-corrected chi connectivity index (χ2v) is 8.82. The predicted octanol–water partition coefficient (Wildman–Crippen LogP) is 5.65. The third-order valence-electron chi connectivity index (χ3n) is 5.05. The van der Waals surface area contributed by atoms with E-state index >= 15 is 0 Å². The van der Waals surface area contributed by atoms with Gasteiger partial charge in [-0.2, -0.15) is 13.2 Å². The minimum Gasteiger partial charge on any atom is -0.496 e. The van der Waals surface area contributed by atoms with Crippen molar-refractivity contribution in [2.24, 2.45) is 0 Å². The lowest BCUT2D eigenvalue weighted by molar-refractivity contribution is -0.200. The van der Waals surface area contributed by atoms with Crippen molar-refractivity contribution in [3.63, 3.8) is 0 Å². The number of halogens is 4. The first-order valence-electron chi connectivity index (χ1n) is 8.91. The summed E-state index contributed by atoms with van der Waals surface area (Å²) in [5.74, 6) is -0.872. The van der Waals surface area contributed by atoms with Gasteiger partial charge < -0.3 is 9.84 Å². The highest BCUT2D eigenvalue weighted by Crippen LogP contribution is 2.49. The van der Waals surface area contributed by atoms with E-state index in [1.165, 1.54) is 31.4 Å². The molecule has 3 rings (SSSR count). The van der Waals surface area contributed by atoms with Crippen LogP contribution in [0, 0.1) is 5.82 Å². The number of aliphatic hydroxyl groups is 1. The second-order valence-electron chi connectivity index (χ2n) is 7.65. The summed E-state index contributed by atoms with van der Waals surface area (Å²) in [5.41, 5.74) is -4.55. The van der Waals surface area contributed by atoms with Crippen LogP contribution >= 0.6 is 11.3 Å². The van der Waals surface area contributed by atoms with Crippen molar-refractivity contribution in [1.29, 1.82) is 0 Å². The molecule has 156 valence electrons. The molecule has 0 aliphatic rings. The van der Waals surface area contributed by atoms with Gasteiger partial charge in [-0.25, -0.2) is 4.39 Å². The highest BCUT2D eigenvalue weighted by atomic mass is 32.1. The summed E-state index contributed by atoms with van der Waals surface area (Å²) in [4.78, 5) is 4.78. The van der Waals surface area contributed by atoms with E-state index in [9.17, 15) is 22.7 Å². The van der Waals surface area contributed by atoms with E-state index in [0.717, 1.165) is 34.0 Å². The Kier molecular flexibility index (Phi) is 5.62. The summed E-state index contributed by atoms with van der Waals surface area (Å²) in [5, 5.41) is 11.9. The Morgan fingerprint density at radius 1 is 1.14 bits per heavy atom. The minimum atomic E-state index is -4.73. The first-order chi connectivity index (χ1) is 13.4. The number of benzene rings is 1. The molecule has 0 bridgehead atoms. The molecule has 0 aliphatic carbocycles. The minimum absolute atomic E-state index is 0.0235. The molecule has 3 nitrogen and oxygen atoms in total. The normalized spacial score (nSPS) is 16.4. The van der Waals surface area contributed by atoms with Crippen molar-refractivity contribution in [3.8, 4) is 5.75 Å². The van der Waals surface area contributed by atoms with Crippen LogP contribution in [-0.2, 0) is 11.8 Å². The zero-order valence-corrected chi connectivity index (χ0v) is 17.0. The van der Waals surface area contributed by atoms with E-state index in [0.29, 0.717) is 0 Å². The number of hydrogen-bond donors (Lipinski definition) is 1. The van der Waals surface area contributed by atoms with E-state index in [1.54, 1.807) is 12.4 Å². The maximum atomic E-state index is 14.2. The Morgan fingerprint density at radius 2 is 1.86 bits per heavy atom. The lowest BCUT2D eigenvalue weighted by Crippen LogP contribution is -2.47. The standard InChI is InChI=1S/C21H21F4NO2S/c1-19(27,10-15-8-13-6-7-26-11-18(13)29-15)12-20(2,21(23,24)25)16-9-14(22)4-5-17(16)28-3/h4-9,11,27H,10,12H2,1-3H3. The van der Waals surface area contributed by atoms with Gasteiger partial charge in [-0.3, -0.25) is 4.98 Å². The van der Waals surface area contributed by atoms with Gasteiger partial charge in [0.1, 0.15) is 11.6 Å².